The topological polar surface area (TPSA) is 265 Å². The highest BCUT2D eigenvalue weighted by atomic mass is 32.1. The van der Waals surface area contributed by atoms with Crippen molar-refractivity contribution in [2.45, 2.75) is 128 Å². The number of piperidine rings is 1. The number of aryl methyl sites for hydroxylation is 2. The molecule has 23 nitrogen and oxygen atoms in total. The van der Waals surface area contributed by atoms with Crippen molar-refractivity contribution in [1.29, 1.82) is 0 Å². The maximum absolute atomic E-state index is 14.6. The van der Waals surface area contributed by atoms with E-state index in [4.69, 9.17) is 47.4 Å². The molecule has 6 aromatic rings. The number of carbonyl (C=O) groups excluding carboxylic acids is 5. The van der Waals surface area contributed by atoms with Crippen LogP contribution < -0.4 is 43.8 Å². The number of benzene rings is 5. The Hall–Kier alpha value is -8.52. The van der Waals surface area contributed by atoms with E-state index in [1.54, 1.807) is 70.8 Å². The molecule has 7 atom stereocenters. The van der Waals surface area contributed by atoms with Crippen molar-refractivity contribution >= 4 is 40.9 Å². The summed E-state index contributed by atoms with van der Waals surface area (Å²) in [4.78, 5) is 80.2. The van der Waals surface area contributed by atoms with E-state index in [1.807, 2.05) is 88.4 Å². The van der Waals surface area contributed by atoms with Crippen molar-refractivity contribution in [3.05, 3.63) is 142 Å². The van der Waals surface area contributed by atoms with Gasteiger partial charge in [-0.1, -0.05) is 69.3 Å². The zero-order valence-electron chi connectivity index (χ0n) is 56.2. The molecule has 2 saturated heterocycles. The number of amides is 4. The van der Waals surface area contributed by atoms with Crippen LogP contribution in [0.5, 0.6) is 40.2 Å². The number of β-amino-alcohol motifs (C(OH)–C–C–N with tert-alkyl or cyclic N) is 1. The first kappa shape index (κ1) is 71.8. The predicted octanol–water partition coefficient (Wildman–Crippen LogP) is 8.57. The summed E-state index contributed by atoms with van der Waals surface area (Å²) in [7, 11) is 7.70. The van der Waals surface area contributed by atoms with Crippen molar-refractivity contribution in [1.82, 2.24) is 30.3 Å². The molecular weight excluding hydrogens is 1250 g/mol. The van der Waals surface area contributed by atoms with Gasteiger partial charge in [0.25, 0.3) is 11.8 Å². The summed E-state index contributed by atoms with van der Waals surface area (Å²) >= 11 is 1.50. The minimum absolute atomic E-state index is 0.0626. The lowest BCUT2D eigenvalue weighted by Crippen LogP contribution is -2.58. The molecule has 1 unspecified atom stereocenters. The number of aliphatic hydroxyl groups excluding tert-OH is 2. The number of hydrogen-bond acceptors (Lipinski definition) is 20. The number of aliphatic hydroxyl groups is 2. The van der Waals surface area contributed by atoms with Crippen molar-refractivity contribution in [2.24, 2.45) is 5.92 Å². The van der Waals surface area contributed by atoms with Gasteiger partial charge in [-0.05, 0) is 134 Å². The Morgan fingerprint density at radius 1 is 0.760 bits per heavy atom. The number of thiazole rings is 1. The van der Waals surface area contributed by atoms with Gasteiger partial charge in [-0.3, -0.25) is 24.1 Å². The summed E-state index contributed by atoms with van der Waals surface area (Å²) in [6, 6.07) is 27.0. The van der Waals surface area contributed by atoms with Gasteiger partial charge in [0.1, 0.15) is 43.2 Å². The Balaban J connectivity index is 0.758. The van der Waals surface area contributed by atoms with Crippen LogP contribution in [0.25, 0.3) is 10.4 Å². The van der Waals surface area contributed by atoms with E-state index in [1.165, 1.54) is 32.7 Å². The van der Waals surface area contributed by atoms with Gasteiger partial charge in [0.15, 0.2) is 29.6 Å². The average molecular weight is 1340 g/mol. The van der Waals surface area contributed by atoms with E-state index in [9.17, 15) is 34.2 Å². The molecular formula is C72H90N6O17S. The number of carbonyl (C=O) groups is 5. The number of esters is 1. The zero-order chi connectivity index (χ0) is 68.4. The molecule has 2 fully saturated rings. The number of aromatic nitrogens is 1. The lowest BCUT2D eigenvalue weighted by molar-refractivity contribution is -0.162. The number of likely N-dealkylation sites (tertiary alicyclic amines) is 2. The number of methoxy groups -OCH3 is 5. The van der Waals surface area contributed by atoms with Crippen molar-refractivity contribution in [3.8, 4) is 50.7 Å². The largest absolute Gasteiger partial charge is 0.493 e. The number of nitrogens with zero attached hydrogens (tertiary/aromatic N) is 4. The molecule has 0 bridgehead atoms. The normalized spacial score (nSPS) is 17.5. The Morgan fingerprint density at radius 2 is 1.51 bits per heavy atom. The van der Waals surface area contributed by atoms with Crippen LogP contribution in [0.15, 0.2) is 103 Å². The van der Waals surface area contributed by atoms with E-state index in [2.05, 4.69) is 15.6 Å². The van der Waals surface area contributed by atoms with Gasteiger partial charge in [-0.15, -0.1) is 11.3 Å². The molecule has 4 amide bonds. The van der Waals surface area contributed by atoms with E-state index >= 15 is 0 Å². The first-order chi connectivity index (χ1) is 46.5. The first-order valence-corrected chi connectivity index (χ1v) is 33.5. The third kappa shape index (κ3) is 17.5. The molecule has 96 heavy (non-hydrogen) atoms. The highest BCUT2D eigenvalue weighted by Gasteiger charge is 2.47. The number of hydrogen-bond donors (Lipinski definition) is 4. The Morgan fingerprint density at radius 3 is 2.22 bits per heavy atom. The molecule has 24 heteroatoms. The molecule has 0 aliphatic carbocycles. The number of ether oxygens (including phenoxy) is 10. The van der Waals surface area contributed by atoms with Gasteiger partial charge < -0.3 is 78.0 Å². The van der Waals surface area contributed by atoms with Crippen LogP contribution in [0.1, 0.15) is 115 Å². The smallest absolute Gasteiger partial charge is 0.329 e. The number of nitrogens with one attached hydrogen (secondary N) is 2. The maximum atomic E-state index is 14.6. The van der Waals surface area contributed by atoms with Gasteiger partial charge in [0, 0.05) is 37.3 Å². The van der Waals surface area contributed by atoms with Crippen LogP contribution in [-0.4, -0.2) is 178 Å². The molecule has 3 aliphatic heterocycles. The van der Waals surface area contributed by atoms with Crippen molar-refractivity contribution < 1.29 is 81.6 Å². The Labute approximate surface area is 565 Å². The van der Waals surface area contributed by atoms with Crippen LogP contribution in [0.2, 0.25) is 0 Å². The average Bonchev–Trinajstić information content (AvgIpc) is 0.883. The molecule has 4 heterocycles. The molecule has 3 aliphatic rings. The Bertz CT molecular complexity index is 3600. The molecule has 0 spiro atoms. The van der Waals surface area contributed by atoms with Gasteiger partial charge >= 0.3 is 5.97 Å². The SMILES string of the molecule is CC[C@H](C(=O)N1CCCC[C@H]1C(=O)O[C@H](CCc1ccc(OC)c(OC)c1)c1cccc(OCC(=O)NCOCCOCCOc2cc(-c3scnc3C)ccc2CNC(=O)[C@@H]2C[C@@H](O)CN2C(O)[C@H](C(C)C)N2Cc3ccccc3C2=O)c1)c1cc(OC)c(OC)c(OC)c1. The quantitative estimate of drug-likeness (QED) is 0.0167. The van der Waals surface area contributed by atoms with Crippen LogP contribution >= 0.6 is 11.3 Å². The second-order valence-electron chi connectivity index (χ2n) is 24.2. The maximum Gasteiger partial charge on any atom is 0.329 e. The van der Waals surface area contributed by atoms with Crippen LogP contribution in [0.4, 0.5) is 0 Å². The van der Waals surface area contributed by atoms with Gasteiger partial charge in [0.2, 0.25) is 17.6 Å². The summed E-state index contributed by atoms with van der Waals surface area (Å²) in [5.41, 5.74) is 7.91. The van der Waals surface area contributed by atoms with Crippen molar-refractivity contribution in [3.63, 3.8) is 0 Å². The standard InChI is InChI=1S/C72H90N6O17S/c1-10-54(51-35-62(88-7)66(90-9)63(36-51)89-8)69(82)76-27-14-13-20-56(76)72(85)95-58(25-21-46-22-26-59(86-5)61(32-46)87-6)47-17-15-18-53(33-47)94-41-64(80)74-42-92-29-28-91-30-31-93-60-34-48(67-45(4)75-43-96-67)23-24-49(60)38-73-68(81)57-37-52(79)40-77(57)71(84)65(44(2)3)78-39-50-16-11-12-19-55(50)70(78)83/h11-12,15-19,22-24,26,32-36,43-44,52,54,56-58,65,71,79,84H,10,13-14,20-21,25,27-31,37-42H2,1-9H3,(H,73,81)(H,74,80)/t52-,54+,56+,57+,58-,65+,71?/m1/s1. The van der Waals surface area contributed by atoms with E-state index in [0.717, 1.165) is 40.1 Å². The fourth-order valence-corrected chi connectivity index (χ4v) is 13.6. The lowest BCUT2D eigenvalue weighted by Gasteiger charge is -2.40. The third-order valence-corrected chi connectivity index (χ3v) is 18.7. The van der Waals surface area contributed by atoms with Gasteiger partial charge in [0.05, 0.1) is 95.6 Å². The third-order valence-electron chi connectivity index (χ3n) is 17.8. The molecule has 1 aromatic heterocycles. The van der Waals surface area contributed by atoms with Crippen LogP contribution in [-0.2, 0) is 52.9 Å². The highest BCUT2D eigenvalue weighted by Crippen LogP contribution is 2.42. The zero-order valence-corrected chi connectivity index (χ0v) is 57.0. The fraction of sp³-hybridized carbons (Fsp3) is 0.472. The fourth-order valence-electron chi connectivity index (χ4n) is 12.8. The highest BCUT2D eigenvalue weighted by molar-refractivity contribution is 7.13. The molecule has 0 radical (unpaired) electrons. The van der Waals surface area contributed by atoms with E-state index in [0.29, 0.717) is 101 Å². The van der Waals surface area contributed by atoms with E-state index in [-0.39, 0.29) is 82.9 Å². The second kappa shape index (κ2) is 34.4. The summed E-state index contributed by atoms with van der Waals surface area (Å²) in [6.45, 7) is 8.84. The van der Waals surface area contributed by atoms with Gasteiger partial charge in [-0.25, -0.2) is 9.78 Å². The molecule has 4 N–H and O–H groups in total. The molecule has 9 rings (SSSR count). The monoisotopic (exact) mass is 1340 g/mol. The lowest BCUT2D eigenvalue weighted by atomic mass is 9.91. The minimum atomic E-state index is -1.22. The summed E-state index contributed by atoms with van der Waals surface area (Å²) in [5, 5.41) is 28.6. The van der Waals surface area contributed by atoms with E-state index < -0.39 is 54.4 Å². The second-order valence-corrected chi connectivity index (χ2v) is 25.1. The van der Waals surface area contributed by atoms with Crippen LogP contribution in [0, 0.1) is 12.8 Å². The van der Waals surface area contributed by atoms with Crippen LogP contribution in [0.3, 0.4) is 0 Å². The summed E-state index contributed by atoms with van der Waals surface area (Å²) < 4.78 is 58.1. The number of fused-ring (bicyclic) bond motifs is 1. The minimum Gasteiger partial charge on any atom is -0.493 e. The Kier molecular flexibility index (Phi) is 25.7. The first-order valence-electron chi connectivity index (χ1n) is 32.6. The molecule has 5 aromatic carbocycles. The van der Waals surface area contributed by atoms with Crippen molar-refractivity contribution in [2.75, 3.05) is 88.4 Å². The summed E-state index contributed by atoms with van der Waals surface area (Å²) in [5.74, 6) is 0.769. The number of rotatable bonds is 34. The molecule has 0 saturated carbocycles. The molecule has 516 valence electrons. The summed E-state index contributed by atoms with van der Waals surface area (Å²) in [6.07, 6.45) is 0.407. The van der Waals surface area contributed by atoms with Gasteiger partial charge in [-0.2, -0.15) is 0 Å². The predicted molar refractivity (Wildman–Crippen MR) is 359 cm³/mol.